The van der Waals surface area contributed by atoms with Crippen molar-refractivity contribution >= 4 is 17.4 Å². The Bertz CT molecular complexity index is 961. The molecule has 0 spiro atoms. The summed E-state index contributed by atoms with van der Waals surface area (Å²) in [7, 11) is 1.85. The predicted octanol–water partition coefficient (Wildman–Crippen LogP) is 3.39. The van der Waals surface area contributed by atoms with E-state index in [1.807, 2.05) is 24.1 Å². The van der Waals surface area contributed by atoms with Gasteiger partial charge in [-0.1, -0.05) is 6.07 Å². The van der Waals surface area contributed by atoms with E-state index < -0.39 is 23.2 Å². The first-order chi connectivity index (χ1) is 13.4. The van der Waals surface area contributed by atoms with E-state index in [9.17, 15) is 13.6 Å². The highest BCUT2D eigenvalue weighted by molar-refractivity contribution is 6.03. The number of aromatic nitrogens is 3. The minimum atomic E-state index is -0.853. The van der Waals surface area contributed by atoms with Crippen LogP contribution >= 0.6 is 0 Å². The average Bonchev–Trinajstić information content (AvgIpc) is 2.69. The van der Waals surface area contributed by atoms with E-state index in [0.717, 1.165) is 24.1 Å². The number of nitrogens with one attached hydrogen (secondary N) is 1. The molecule has 0 fully saturated rings. The highest BCUT2D eigenvalue weighted by Crippen LogP contribution is 2.19. The molecule has 1 N–H and O–H groups in total. The summed E-state index contributed by atoms with van der Waals surface area (Å²) in [4.78, 5) is 26.8. The number of benzene rings is 1. The van der Waals surface area contributed by atoms with Crippen molar-refractivity contribution in [3.8, 4) is 0 Å². The van der Waals surface area contributed by atoms with Crippen LogP contribution in [0.15, 0.2) is 48.8 Å². The van der Waals surface area contributed by atoms with Crippen LogP contribution in [0.3, 0.4) is 0 Å². The van der Waals surface area contributed by atoms with Gasteiger partial charge in [-0.25, -0.2) is 18.7 Å². The molecular formula is C20H19F2N5O. The van der Waals surface area contributed by atoms with E-state index >= 15 is 0 Å². The van der Waals surface area contributed by atoms with Gasteiger partial charge in [0.05, 0.1) is 0 Å². The van der Waals surface area contributed by atoms with E-state index in [0.29, 0.717) is 18.2 Å². The fraction of sp³-hybridized carbons (Fsp3) is 0.200. The zero-order chi connectivity index (χ0) is 20.1. The fourth-order valence-electron chi connectivity index (χ4n) is 2.62. The molecular weight excluding hydrogens is 364 g/mol. The van der Waals surface area contributed by atoms with Gasteiger partial charge in [-0.15, -0.1) is 0 Å². The van der Waals surface area contributed by atoms with Crippen molar-refractivity contribution in [1.29, 1.82) is 0 Å². The van der Waals surface area contributed by atoms with Crippen LogP contribution in [0.5, 0.6) is 0 Å². The Labute approximate surface area is 161 Å². The van der Waals surface area contributed by atoms with Crippen LogP contribution in [0.25, 0.3) is 0 Å². The number of nitrogens with zero attached hydrogens (tertiary/aromatic N) is 4. The lowest BCUT2D eigenvalue weighted by atomic mass is 10.2. The Kier molecular flexibility index (Phi) is 5.88. The molecule has 0 atom stereocenters. The number of halogens is 2. The molecule has 0 bridgehead atoms. The van der Waals surface area contributed by atoms with Gasteiger partial charge in [0.15, 0.2) is 0 Å². The van der Waals surface area contributed by atoms with Gasteiger partial charge in [0.1, 0.15) is 34.7 Å². The zero-order valence-electron chi connectivity index (χ0n) is 15.5. The fourth-order valence-corrected chi connectivity index (χ4v) is 2.62. The number of hydrogen-bond donors (Lipinski definition) is 1. The van der Waals surface area contributed by atoms with Gasteiger partial charge in [-0.3, -0.25) is 9.78 Å². The molecule has 0 saturated heterocycles. The topological polar surface area (TPSA) is 71.0 Å². The average molecular weight is 383 g/mol. The van der Waals surface area contributed by atoms with Crippen LogP contribution in [-0.4, -0.2) is 34.5 Å². The lowest BCUT2D eigenvalue weighted by molar-refractivity contribution is 0.102. The summed E-state index contributed by atoms with van der Waals surface area (Å²) in [5.41, 5.74) is 0.651. The molecule has 8 heteroatoms. The van der Waals surface area contributed by atoms with E-state index in [-0.39, 0.29) is 5.69 Å². The number of anilines is 2. The van der Waals surface area contributed by atoms with Gasteiger partial charge in [-0.05, 0) is 43.2 Å². The second-order valence-electron chi connectivity index (χ2n) is 6.24. The Balaban J connectivity index is 1.76. The molecule has 0 aliphatic heterocycles. The smallest absolute Gasteiger partial charge is 0.274 e. The van der Waals surface area contributed by atoms with Gasteiger partial charge < -0.3 is 10.2 Å². The number of likely N-dealkylation sites (N-methyl/N-ethyl adjacent to an activating group) is 1. The summed E-state index contributed by atoms with van der Waals surface area (Å²) in [6, 6.07) is 8.73. The van der Waals surface area contributed by atoms with Gasteiger partial charge in [0, 0.05) is 32.1 Å². The number of hydrogen-bond acceptors (Lipinski definition) is 5. The molecule has 2 aromatic heterocycles. The van der Waals surface area contributed by atoms with Crippen molar-refractivity contribution in [3.05, 3.63) is 77.5 Å². The number of carbonyl (C=O) groups excluding carboxylic acids is 1. The quantitative estimate of drug-likeness (QED) is 0.707. The van der Waals surface area contributed by atoms with Gasteiger partial charge >= 0.3 is 0 Å². The summed E-state index contributed by atoms with van der Waals surface area (Å²) >= 11 is 0. The molecule has 0 unspecified atom stereocenters. The van der Waals surface area contributed by atoms with Crippen molar-refractivity contribution in [2.75, 3.05) is 23.8 Å². The van der Waals surface area contributed by atoms with E-state index in [1.54, 1.807) is 19.3 Å². The Morgan fingerprint density at radius 2 is 1.79 bits per heavy atom. The minimum absolute atomic E-state index is 0.0286. The molecule has 28 heavy (non-hydrogen) atoms. The van der Waals surface area contributed by atoms with E-state index in [1.165, 1.54) is 12.1 Å². The van der Waals surface area contributed by atoms with Crippen molar-refractivity contribution in [1.82, 2.24) is 15.0 Å². The SMILES string of the molecule is Cc1nc(C(=O)Nc2c(F)cccc2F)cc(N(C)CCc2ccncc2)n1. The van der Waals surface area contributed by atoms with Crippen molar-refractivity contribution in [2.24, 2.45) is 0 Å². The summed E-state index contributed by atoms with van der Waals surface area (Å²) in [5, 5.41) is 2.24. The van der Waals surface area contributed by atoms with Crippen LogP contribution < -0.4 is 10.2 Å². The number of rotatable bonds is 6. The third-order valence-electron chi connectivity index (χ3n) is 4.13. The number of pyridine rings is 1. The monoisotopic (exact) mass is 383 g/mol. The van der Waals surface area contributed by atoms with Gasteiger partial charge in [-0.2, -0.15) is 0 Å². The summed E-state index contributed by atoms with van der Waals surface area (Å²) < 4.78 is 27.5. The van der Waals surface area contributed by atoms with Crippen LogP contribution in [0, 0.1) is 18.6 Å². The molecule has 1 amide bonds. The maximum absolute atomic E-state index is 13.8. The van der Waals surface area contributed by atoms with E-state index in [2.05, 4.69) is 20.3 Å². The van der Waals surface area contributed by atoms with E-state index in [4.69, 9.17) is 0 Å². The highest BCUT2D eigenvalue weighted by atomic mass is 19.1. The van der Waals surface area contributed by atoms with Crippen LogP contribution in [0.2, 0.25) is 0 Å². The Morgan fingerprint density at radius 1 is 1.11 bits per heavy atom. The molecule has 0 saturated carbocycles. The number of aryl methyl sites for hydroxylation is 1. The molecule has 2 heterocycles. The molecule has 3 aromatic rings. The molecule has 1 aromatic carbocycles. The summed E-state index contributed by atoms with van der Waals surface area (Å²) in [5.74, 6) is -1.49. The highest BCUT2D eigenvalue weighted by Gasteiger charge is 2.17. The largest absolute Gasteiger partial charge is 0.359 e. The first-order valence-corrected chi connectivity index (χ1v) is 8.65. The molecule has 6 nitrogen and oxygen atoms in total. The maximum Gasteiger partial charge on any atom is 0.274 e. The van der Waals surface area contributed by atoms with Gasteiger partial charge in [0.25, 0.3) is 5.91 Å². The normalized spacial score (nSPS) is 10.6. The van der Waals surface area contributed by atoms with Crippen LogP contribution in [0.1, 0.15) is 21.9 Å². The second-order valence-corrected chi connectivity index (χ2v) is 6.24. The minimum Gasteiger partial charge on any atom is -0.359 e. The molecule has 0 aliphatic carbocycles. The third-order valence-corrected chi connectivity index (χ3v) is 4.13. The standard InChI is InChI=1S/C20H19F2N5O/c1-13-24-17(20(28)26-19-15(21)4-3-5-16(19)22)12-18(25-13)27(2)11-8-14-6-9-23-10-7-14/h3-7,9-10,12H,8,11H2,1-2H3,(H,26,28). The van der Waals surface area contributed by atoms with Crippen LogP contribution in [0.4, 0.5) is 20.3 Å². The molecule has 0 radical (unpaired) electrons. The third kappa shape index (κ3) is 4.64. The first kappa shape index (κ1) is 19.3. The lowest BCUT2D eigenvalue weighted by Crippen LogP contribution is -2.24. The number of carbonyl (C=O) groups is 1. The number of para-hydroxylation sites is 1. The Hall–Kier alpha value is -3.42. The zero-order valence-corrected chi connectivity index (χ0v) is 15.5. The van der Waals surface area contributed by atoms with Crippen molar-refractivity contribution in [2.45, 2.75) is 13.3 Å². The first-order valence-electron chi connectivity index (χ1n) is 8.65. The van der Waals surface area contributed by atoms with Crippen LogP contribution in [-0.2, 0) is 6.42 Å². The Morgan fingerprint density at radius 3 is 2.46 bits per heavy atom. The van der Waals surface area contributed by atoms with Crippen molar-refractivity contribution < 1.29 is 13.6 Å². The summed E-state index contributed by atoms with van der Waals surface area (Å²) in [6.07, 6.45) is 4.23. The van der Waals surface area contributed by atoms with Gasteiger partial charge in [0.2, 0.25) is 0 Å². The maximum atomic E-state index is 13.8. The molecule has 0 aliphatic rings. The van der Waals surface area contributed by atoms with Crippen molar-refractivity contribution in [3.63, 3.8) is 0 Å². The molecule has 144 valence electrons. The molecule has 3 rings (SSSR count). The predicted molar refractivity (Wildman–Crippen MR) is 102 cm³/mol. The summed E-state index contributed by atoms with van der Waals surface area (Å²) in [6.45, 7) is 2.31. The lowest BCUT2D eigenvalue weighted by Gasteiger charge is -2.19. The second kappa shape index (κ2) is 8.51. The number of amides is 1.